The molecule has 1 aliphatic heterocycles. The maximum atomic E-state index is 11.9. The minimum atomic E-state index is -0.136. The van der Waals surface area contributed by atoms with Gasteiger partial charge in [0.25, 0.3) is 0 Å². The molecule has 0 saturated carbocycles. The number of carbonyl (C=O) groups is 1. The normalized spacial score (nSPS) is 14.1. The number of aryl methyl sites for hydroxylation is 2. The summed E-state index contributed by atoms with van der Waals surface area (Å²) < 4.78 is 1.78. The van der Waals surface area contributed by atoms with Crippen LogP contribution in [0, 0.1) is 0 Å². The second-order valence-corrected chi connectivity index (χ2v) is 5.82. The van der Waals surface area contributed by atoms with Crippen molar-refractivity contribution in [1.82, 2.24) is 20.1 Å². The first-order valence-corrected chi connectivity index (χ1v) is 7.76. The molecule has 0 aliphatic carbocycles. The molecule has 0 radical (unpaired) electrons. The highest BCUT2D eigenvalue weighted by Crippen LogP contribution is 2.27. The zero-order chi connectivity index (χ0) is 16.2. The summed E-state index contributed by atoms with van der Waals surface area (Å²) in [6, 6.07) is 6.34. The van der Waals surface area contributed by atoms with Crippen molar-refractivity contribution >= 4 is 17.7 Å². The molecule has 1 aromatic carbocycles. The minimum absolute atomic E-state index is 0.136. The Morgan fingerprint density at radius 1 is 1.39 bits per heavy atom. The Morgan fingerprint density at radius 3 is 3.04 bits per heavy atom. The molecule has 6 heteroatoms. The SMILES string of the molecule is CN1CCCc2cc(/C=C/C(=O)NCc3nncn3C)ccc21. The van der Waals surface area contributed by atoms with E-state index in [1.165, 1.54) is 17.7 Å². The van der Waals surface area contributed by atoms with Gasteiger partial charge in [-0.3, -0.25) is 4.79 Å². The van der Waals surface area contributed by atoms with Gasteiger partial charge in [0.15, 0.2) is 5.82 Å². The van der Waals surface area contributed by atoms with Crippen molar-refractivity contribution in [2.75, 3.05) is 18.5 Å². The van der Waals surface area contributed by atoms with Crippen LogP contribution in [0.2, 0.25) is 0 Å². The van der Waals surface area contributed by atoms with Gasteiger partial charge in [0, 0.05) is 32.4 Å². The topological polar surface area (TPSA) is 63.1 Å². The number of fused-ring (bicyclic) bond motifs is 1. The largest absolute Gasteiger partial charge is 0.374 e. The Labute approximate surface area is 135 Å². The van der Waals surface area contributed by atoms with Gasteiger partial charge in [-0.25, -0.2) is 0 Å². The van der Waals surface area contributed by atoms with E-state index in [1.54, 1.807) is 17.0 Å². The van der Waals surface area contributed by atoms with E-state index in [9.17, 15) is 4.79 Å². The number of anilines is 1. The van der Waals surface area contributed by atoms with Gasteiger partial charge in [0.1, 0.15) is 6.33 Å². The van der Waals surface area contributed by atoms with Crippen LogP contribution in [0.25, 0.3) is 6.08 Å². The van der Waals surface area contributed by atoms with E-state index < -0.39 is 0 Å². The first-order valence-electron chi connectivity index (χ1n) is 7.76. The second kappa shape index (κ2) is 6.64. The molecule has 2 aromatic rings. The molecule has 6 nitrogen and oxygen atoms in total. The number of hydrogen-bond acceptors (Lipinski definition) is 4. The van der Waals surface area contributed by atoms with Crippen molar-refractivity contribution < 1.29 is 4.79 Å². The molecule has 1 aromatic heterocycles. The van der Waals surface area contributed by atoms with Gasteiger partial charge in [-0.1, -0.05) is 6.07 Å². The van der Waals surface area contributed by atoms with Crippen LogP contribution in [0.5, 0.6) is 0 Å². The molecule has 2 heterocycles. The molecule has 0 atom stereocenters. The Kier molecular flexibility index (Phi) is 4.41. The highest BCUT2D eigenvalue weighted by atomic mass is 16.1. The van der Waals surface area contributed by atoms with Gasteiger partial charge in [-0.05, 0) is 42.2 Å². The molecule has 120 valence electrons. The number of amides is 1. The monoisotopic (exact) mass is 311 g/mol. The number of nitrogens with zero attached hydrogens (tertiary/aromatic N) is 4. The lowest BCUT2D eigenvalue weighted by Crippen LogP contribution is -2.24. The molecule has 3 rings (SSSR count). The molecule has 1 aliphatic rings. The zero-order valence-electron chi connectivity index (χ0n) is 13.5. The number of rotatable bonds is 4. The van der Waals surface area contributed by atoms with Crippen molar-refractivity contribution in [3.63, 3.8) is 0 Å². The summed E-state index contributed by atoms with van der Waals surface area (Å²) >= 11 is 0. The third-order valence-electron chi connectivity index (χ3n) is 4.11. The van der Waals surface area contributed by atoms with E-state index in [0.29, 0.717) is 6.54 Å². The number of nitrogens with one attached hydrogen (secondary N) is 1. The van der Waals surface area contributed by atoms with Crippen LogP contribution in [0.15, 0.2) is 30.6 Å². The van der Waals surface area contributed by atoms with E-state index in [-0.39, 0.29) is 5.91 Å². The first kappa shape index (κ1) is 15.3. The van der Waals surface area contributed by atoms with Crippen molar-refractivity contribution in [3.05, 3.63) is 47.6 Å². The van der Waals surface area contributed by atoms with E-state index in [1.807, 2.05) is 19.2 Å². The Balaban J connectivity index is 1.61. The van der Waals surface area contributed by atoms with Gasteiger partial charge >= 0.3 is 0 Å². The molecular weight excluding hydrogens is 290 g/mol. The third kappa shape index (κ3) is 3.59. The van der Waals surface area contributed by atoms with Crippen LogP contribution in [0.4, 0.5) is 5.69 Å². The highest BCUT2D eigenvalue weighted by Gasteiger charge is 2.13. The quantitative estimate of drug-likeness (QED) is 0.870. The molecule has 1 N–H and O–H groups in total. The summed E-state index contributed by atoms with van der Waals surface area (Å²) in [5.74, 6) is 0.589. The number of hydrogen-bond donors (Lipinski definition) is 1. The van der Waals surface area contributed by atoms with Crippen LogP contribution in [-0.2, 0) is 24.8 Å². The number of benzene rings is 1. The Bertz CT molecular complexity index is 734. The average Bonchev–Trinajstić information content (AvgIpc) is 2.96. The van der Waals surface area contributed by atoms with E-state index in [4.69, 9.17) is 0 Å². The minimum Gasteiger partial charge on any atom is -0.374 e. The highest BCUT2D eigenvalue weighted by molar-refractivity contribution is 5.91. The maximum absolute atomic E-state index is 11.9. The summed E-state index contributed by atoms with van der Waals surface area (Å²) in [6.07, 6.45) is 7.29. The molecule has 0 fully saturated rings. The fraction of sp³-hybridized carbons (Fsp3) is 0.353. The van der Waals surface area contributed by atoms with E-state index >= 15 is 0 Å². The smallest absolute Gasteiger partial charge is 0.244 e. The predicted molar refractivity (Wildman–Crippen MR) is 89.9 cm³/mol. The van der Waals surface area contributed by atoms with Crippen LogP contribution in [-0.4, -0.2) is 34.3 Å². The summed E-state index contributed by atoms with van der Waals surface area (Å²) in [4.78, 5) is 14.2. The van der Waals surface area contributed by atoms with Crippen LogP contribution in [0.3, 0.4) is 0 Å². The number of carbonyl (C=O) groups excluding carboxylic acids is 1. The van der Waals surface area contributed by atoms with E-state index in [2.05, 4.69) is 39.6 Å². The molecular formula is C17H21N5O. The van der Waals surface area contributed by atoms with Gasteiger partial charge in [0.2, 0.25) is 5.91 Å². The van der Waals surface area contributed by atoms with Gasteiger partial charge in [-0.2, -0.15) is 0 Å². The van der Waals surface area contributed by atoms with Crippen molar-refractivity contribution in [1.29, 1.82) is 0 Å². The second-order valence-electron chi connectivity index (χ2n) is 5.82. The summed E-state index contributed by atoms with van der Waals surface area (Å²) in [6.45, 7) is 1.47. The van der Waals surface area contributed by atoms with Crippen molar-refractivity contribution in [3.8, 4) is 0 Å². The van der Waals surface area contributed by atoms with Gasteiger partial charge in [0.05, 0.1) is 6.54 Å². The zero-order valence-corrected chi connectivity index (χ0v) is 13.5. The van der Waals surface area contributed by atoms with Crippen LogP contribution < -0.4 is 10.2 Å². The third-order valence-corrected chi connectivity index (χ3v) is 4.11. The summed E-state index contributed by atoms with van der Waals surface area (Å²) in [5.41, 5.74) is 3.69. The van der Waals surface area contributed by atoms with Gasteiger partial charge in [-0.15, -0.1) is 10.2 Å². The van der Waals surface area contributed by atoms with Crippen molar-refractivity contribution in [2.45, 2.75) is 19.4 Å². The Morgan fingerprint density at radius 2 is 2.26 bits per heavy atom. The van der Waals surface area contributed by atoms with Crippen LogP contribution >= 0.6 is 0 Å². The van der Waals surface area contributed by atoms with E-state index in [0.717, 1.165) is 24.4 Å². The first-order chi connectivity index (χ1) is 11.1. The summed E-state index contributed by atoms with van der Waals surface area (Å²) in [7, 11) is 3.97. The Hall–Kier alpha value is -2.63. The van der Waals surface area contributed by atoms with Gasteiger partial charge < -0.3 is 14.8 Å². The lowest BCUT2D eigenvalue weighted by molar-refractivity contribution is -0.116. The lowest BCUT2D eigenvalue weighted by atomic mass is 9.99. The molecule has 0 bridgehead atoms. The molecule has 1 amide bonds. The number of aromatic nitrogens is 3. The lowest BCUT2D eigenvalue weighted by Gasteiger charge is -2.27. The maximum Gasteiger partial charge on any atom is 0.244 e. The molecule has 0 saturated heterocycles. The fourth-order valence-corrected chi connectivity index (χ4v) is 2.77. The standard InChI is InChI=1S/C17H21N5O/c1-21-9-3-4-14-10-13(5-7-15(14)21)6-8-17(23)18-11-16-20-19-12-22(16)2/h5-8,10,12H,3-4,9,11H2,1-2H3,(H,18,23)/b8-6+. The molecule has 0 unspecified atom stereocenters. The molecule has 0 spiro atoms. The predicted octanol–water partition coefficient (Wildman–Crippen LogP) is 1.53. The molecule has 23 heavy (non-hydrogen) atoms. The average molecular weight is 311 g/mol. The summed E-state index contributed by atoms with van der Waals surface area (Å²) in [5, 5.41) is 10.5. The fourth-order valence-electron chi connectivity index (χ4n) is 2.77. The van der Waals surface area contributed by atoms with Crippen molar-refractivity contribution in [2.24, 2.45) is 7.05 Å². The van der Waals surface area contributed by atoms with Crippen LogP contribution in [0.1, 0.15) is 23.4 Å².